The van der Waals surface area contributed by atoms with Gasteiger partial charge in [0.25, 0.3) is 0 Å². The van der Waals surface area contributed by atoms with E-state index in [-0.39, 0.29) is 0 Å². The number of rotatable bonds is 1. The highest BCUT2D eigenvalue weighted by atomic mass is 35.5. The summed E-state index contributed by atoms with van der Waals surface area (Å²) < 4.78 is 0. The smallest absolute Gasteiger partial charge is 0.129 e. The third-order valence-corrected chi connectivity index (χ3v) is 1.58. The maximum Gasteiger partial charge on any atom is 0.129 e. The number of aliphatic imine (C=N–C) groups is 1. The summed E-state index contributed by atoms with van der Waals surface area (Å²) in [7, 11) is 0. The van der Waals surface area contributed by atoms with Crippen molar-refractivity contribution >= 4 is 23.0 Å². The van der Waals surface area contributed by atoms with Crippen molar-refractivity contribution in [2.24, 2.45) is 4.99 Å². The van der Waals surface area contributed by atoms with Crippen molar-refractivity contribution in [2.45, 2.75) is 20.8 Å². The van der Waals surface area contributed by atoms with Gasteiger partial charge in [0.05, 0.1) is 11.4 Å². The fourth-order valence-corrected chi connectivity index (χ4v) is 1.07. The molecule has 0 saturated carbocycles. The van der Waals surface area contributed by atoms with Crippen LogP contribution >= 0.6 is 11.6 Å². The van der Waals surface area contributed by atoms with Gasteiger partial charge < -0.3 is 0 Å². The topological polar surface area (TPSA) is 25.2 Å². The second-order valence-corrected chi connectivity index (χ2v) is 3.18. The first-order chi connectivity index (χ1) is 5.59. The lowest BCUT2D eigenvalue weighted by molar-refractivity contribution is 1.18. The molecule has 0 atom stereocenters. The molecule has 0 fully saturated rings. The van der Waals surface area contributed by atoms with E-state index in [2.05, 4.69) is 9.98 Å². The van der Waals surface area contributed by atoms with Crippen molar-refractivity contribution in [1.82, 2.24) is 4.98 Å². The number of pyridine rings is 1. The Labute approximate surface area is 77.3 Å². The molecular formula is C9H11ClN2. The first-order valence-corrected chi connectivity index (χ1v) is 4.12. The molecule has 0 bridgehead atoms. The predicted molar refractivity (Wildman–Crippen MR) is 52.4 cm³/mol. The van der Waals surface area contributed by atoms with E-state index in [4.69, 9.17) is 11.6 Å². The third kappa shape index (κ3) is 2.31. The molecule has 12 heavy (non-hydrogen) atoms. The molecule has 0 aromatic carbocycles. The highest BCUT2D eigenvalue weighted by Crippen LogP contribution is 2.18. The summed E-state index contributed by atoms with van der Waals surface area (Å²) in [5, 5.41) is 0.514. The quantitative estimate of drug-likeness (QED) is 0.484. The largest absolute Gasteiger partial charge is 0.257 e. The van der Waals surface area contributed by atoms with E-state index >= 15 is 0 Å². The lowest BCUT2D eigenvalue weighted by Crippen LogP contribution is -1.85. The normalized spacial score (nSPS) is 9.67. The molecule has 1 aromatic heterocycles. The van der Waals surface area contributed by atoms with Gasteiger partial charge in [-0.05, 0) is 32.9 Å². The van der Waals surface area contributed by atoms with E-state index in [0.29, 0.717) is 5.15 Å². The number of hydrogen-bond acceptors (Lipinski definition) is 2. The average molecular weight is 183 g/mol. The Bertz CT molecular complexity index is 314. The van der Waals surface area contributed by atoms with E-state index < -0.39 is 0 Å². The van der Waals surface area contributed by atoms with Crippen LogP contribution in [0, 0.1) is 6.92 Å². The maximum absolute atomic E-state index is 5.69. The molecule has 0 spiro atoms. The minimum absolute atomic E-state index is 0.514. The summed E-state index contributed by atoms with van der Waals surface area (Å²) in [5.74, 6) is 0. The summed E-state index contributed by atoms with van der Waals surface area (Å²) >= 11 is 5.69. The predicted octanol–water partition coefficient (Wildman–Crippen LogP) is 3.16. The van der Waals surface area contributed by atoms with Crippen LogP contribution in [0.2, 0.25) is 5.15 Å². The highest BCUT2D eigenvalue weighted by molar-refractivity contribution is 6.29. The van der Waals surface area contributed by atoms with Crippen molar-refractivity contribution in [1.29, 1.82) is 0 Å². The molecule has 0 amide bonds. The Morgan fingerprint density at radius 1 is 1.42 bits per heavy atom. The summed E-state index contributed by atoms with van der Waals surface area (Å²) in [6.07, 6.45) is 0. The Hall–Kier alpha value is -0.890. The fourth-order valence-electron chi connectivity index (χ4n) is 0.882. The van der Waals surface area contributed by atoms with Gasteiger partial charge in [-0.15, -0.1) is 0 Å². The zero-order chi connectivity index (χ0) is 9.14. The van der Waals surface area contributed by atoms with E-state index in [1.807, 2.05) is 26.8 Å². The number of nitrogens with zero attached hydrogens (tertiary/aromatic N) is 2. The van der Waals surface area contributed by atoms with Crippen LogP contribution in [0.1, 0.15) is 19.5 Å². The lowest BCUT2D eigenvalue weighted by Gasteiger charge is -1.99. The van der Waals surface area contributed by atoms with Gasteiger partial charge in [0.1, 0.15) is 5.15 Å². The van der Waals surface area contributed by atoms with Crippen molar-refractivity contribution in [3.63, 3.8) is 0 Å². The van der Waals surface area contributed by atoms with E-state index in [0.717, 1.165) is 17.1 Å². The minimum Gasteiger partial charge on any atom is -0.257 e. The lowest BCUT2D eigenvalue weighted by atomic mass is 10.3. The Morgan fingerprint density at radius 3 is 2.58 bits per heavy atom. The number of halogens is 1. The van der Waals surface area contributed by atoms with Crippen LogP contribution in [0.25, 0.3) is 0 Å². The van der Waals surface area contributed by atoms with Crippen LogP contribution in [0.4, 0.5) is 5.69 Å². The molecule has 2 nitrogen and oxygen atoms in total. The van der Waals surface area contributed by atoms with E-state index in [9.17, 15) is 0 Å². The standard InChI is InChI=1S/C9H11ClN2/c1-6(2)11-8-4-5-9(10)12-7(8)3/h4-5H,1-3H3. The summed E-state index contributed by atoms with van der Waals surface area (Å²) in [6, 6.07) is 3.62. The second-order valence-electron chi connectivity index (χ2n) is 2.80. The van der Waals surface area contributed by atoms with Crippen LogP contribution in [-0.4, -0.2) is 10.7 Å². The monoisotopic (exact) mass is 182 g/mol. The molecule has 0 radical (unpaired) electrons. The molecule has 0 aliphatic carbocycles. The molecule has 1 aromatic rings. The summed E-state index contributed by atoms with van der Waals surface area (Å²) in [5.41, 5.74) is 2.77. The van der Waals surface area contributed by atoms with E-state index in [1.165, 1.54) is 0 Å². The molecule has 0 N–H and O–H groups in total. The minimum atomic E-state index is 0.514. The SMILES string of the molecule is CC(C)=Nc1ccc(Cl)nc1C. The Morgan fingerprint density at radius 2 is 2.08 bits per heavy atom. The highest BCUT2D eigenvalue weighted by Gasteiger charge is 1.97. The van der Waals surface area contributed by atoms with Crippen molar-refractivity contribution in [3.8, 4) is 0 Å². The number of aromatic nitrogens is 1. The van der Waals surface area contributed by atoms with Crippen molar-refractivity contribution in [2.75, 3.05) is 0 Å². The molecule has 0 aliphatic rings. The summed E-state index contributed by atoms with van der Waals surface area (Å²) in [6.45, 7) is 5.80. The van der Waals surface area contributed by atoms with Gasteiger partial charge in [-0.3, -0.25) is 4.99 Å². The van der Waals surface area contributed by atoms with Crippen LogP contribution < -0.4 is 0 Å². The molecule has 0 unspecified atom stereocenters. The second kappa shape index (κ2) is 3.68. The van der Waals surface area contributed by atoms with Gasteiger partial charge in [0.2, 0.25) is 0 Å². The Kier molecular flexibility index (Phi) is 2.82. The van der Waals surface area contributed by atoms with Gasteiger partial charge in [0.15, 0.2) is 0 Å². The Balaban J connectivity index is 3.10. The maximum atomic E-state index is 5.69. The van der Waals surface area contributed by atoms with Gasteiger partial charge in [-0.2, -0.15) is 0 Å². The molecule has 1 heterocycles. The molecule has 0 aliphatic heterocycles. The number of hydrogen-bond donors (Lipinski definition) is 0. The molecule has 3 heteroatoms. The van der Waals surface area contributed by atoms with Crippen LogP contribution in [0.5, 0.6) is 0 Å². The average Bonchev–Trinajstić information content (AvgIpc) is 1.94. The summed E-state index contributed by atoms with van der Waals surface area (Å²) in [4.78, 5) is 8.38. The van der Waals surface area contributed by atoms with Crippen LogP contribution in [0.3, 0.4) is 0 Å². The molecule has 1 rings (SSSR count). The zero-order valence-electron chi connectivity index (χ0n) is 7.43. The first kappa shape index (κ1) is 9.20. The molecular weight excluding hydrogens is 172 g/mol. The first-order valence-electron chi connectivity index (χ1n) is 3.74. The van der Waals surface area contributed by atoms with Crippen molar-refractivity contribution in [3.05, 3.63) is 23.0 Å². The van der Waals surface area contributed by atoms with Gasteiger partial charge in [-0.1, -0.05) is 11.6 Å². The third-order valence-electron chi connectivity index (χ3n) is 1.37. The van der Waals surface area contributed by atoms with Crippen LogP contribution in [-0.2, 0) is 0 Å². The van der Waals surface area contributed by atoms with Gasteiger partial charge in [0, 0.05) is 5.71 Å². The van der Waals surface area contributed by atoms with Crippen LogP contribution in [0.15, 0.2) is 17.1 Å². The fraction of sp³-hybridized carbons (Fsp3) is 0.333. The van der Waals surface area contributed by atoms with Gasteiger partial charge >= 0.3 is 0 Å². The zero-order valence-corrected chi connectivity index (χ0v) is 8.18. The number of aryl methyl sites for hydroxylation is 1. The van der Waals surface area contributed by atoms with Gasteiger partial charge in [-0.25, -0.2) is 4.98 Å². The molecule has 64 valence electrons. The van der Waals surface area contributed by atoms with E-state index in [1.54, 1.807) is 6.07 Å². The molecule has 0 saturated heterocycles. The van der Waals surface area contributed by atoms with Crippen molar-refractivity contribution < 1.29 is 0 Å².